The fourth-order valence-electron chi connectivity index (χ4n) is 3.34. The molecule has 0 unspecified atom stereocenters. The average molecular weight is 324 g/mol. The summed E-state index contributed by atoms with van der Waals surface area (Å²) in [5, 5.41) is 13.1. The first-order chi connectivity index (χ1) is 11.8. The highest BCUT2D eigenvalue weighted by Gasteiger charge is 2.22. The predicted molar refractivity (Wildman–Crippen MR) is 92.9 cm³/mol. The predicted octanol–water partition coefficient (Wildman–Crippen LogP) is 2.94. The molecular formula is C19H24N4O. The Labute approximate surface area is 143 Å². The quantitative estimate of drug-likeness (QED) is 0.767. The summed E-state index contributed by atoms with van der Waals surface area (Å²) >= 11 is 0. The molecular weight excluding hydrogens is 300 g/mol. The highest BCUT2D eigenvalue weighted by molar-refractivity contribution is 5.34. The van der Waals surface area contributed by atoms with Crippen molar-refractivity contribution < 1.29 is 4.74 Å². The van der Waals surface area contributed by atoms with Crippen LogP contribution in [0, 0.1) is 11.3 Å². The van der Waals surface area contributed by atoms with Gasteiger partial charge in [0.1, 0.15) is 5.75 Å². The van der Waals surface area contributed by atoms with Crippen LogP contribution >= 0.6 is 0 Å². The number of rotatable bonds is 6. The summed E-state index contributed by atoms with van der Waals surface area (Å²) in [7, 11) is 2.03. The molecule has 5 heteroatoms. The molecule has 126 valence electrons. The van der Waals surface area contributed by atoms with E-state index in [9.17, 15) is 0 Å². The second-order valence-corrected chi connectivity index (χ2v) is 6.33. The van der Waals surface area contributed by atoms with Crippen LogP contribution < -0.4 is 4.74 Å². The Morgan fingerprint density at radius 3 is 2.58 bits per heavy atom. The van der Waals surface area contributed by atoms with Gasteiger partial charge in [-0.3, -0.25) is 4.68 Å². The lowest BCUT2D eigenvalue weighted by Gasteiger charge is -2.31. The van der Waals surface area contributed by atoms with Gasteiger partial charge in [-0.1, -0.05) is 0 Å². The van der Waals surface area contributed by atoms with Crippen LogP contribution in [0.25, 0.3) is 0 Å². The molecule has 0 bridgehead atoms. The van der Waals surface area contributed by atoms with Crippen molar-refractivity contribution in [2.45, 2.75) is 25.2 Å². The van der Waals surface area contributed by atoms with Gasteiger partial charge in [0.25, 0.3) is 0 Å². The molecule has 0 atom stereocenters. The molecule has 0 aliphatic carbocycles. The van der Waals surface area contributed by atoms with E-state index in [4.69, 9.17) is 10.00 Å². The van der Waals surface area contributed by atoms with E-state index in [2.05, 4.69) is 22.1 Å². The van der Waals surface area contributed by atoms with Gasteiger partial charge in [0, 0.05) is 31.4 Å². The fraction of sp³-hybridized carbons (Fsp3) is 0.474. The minimum Gasteiger partial charge on any atom is -0.494 e. The minimum absolute atomic E-state index is 0.642. The molecule has 0 spiro atoms. The summed E-state index contributed by atoms with van der Waals surface area (Å²) < 4.78 is 7.75. The normalized spacial score (nSPS) is 16.0. The highest BCUT2D eigenvalue weighted by Crippen LogP contribution is 2.27. The number of hydrogen-bond acceptors (Lipinski definition) is 4. The van der Waals surface area contributed by atoms with E-state index in [1.165, 1.54) is 18.5 Å². The van der Waals surface area contributed by atoms with Crippen molar-refractivity contribution in [3.8, 4) is 11.8 Å². The van der Waals surface area contributed by atoms with Crippen molar-refractivity contribution >= 4 is 0 Å². The van der Waals surface area contributed by atoms with Gasteiger partial charge < -0.3 is 9.64 Å². The van der Waals surface area contributed by atoms with Crippen molar-refractivity contribution in [3.05, 3.63) is 47.8 Å². The van der Waals surface area contributed by atoms with Gasteiger partial charge in [0.15, 0.2) is 0 Å². The topological polar surface area (TPSA) is 54.1 Å². The highest BCUT2D eigenvalue weighted by atomic mass is 16.5. The number of nitriles is 1. The Morgan fingerprint density at radius 1 is 1.21 bits per heavy atom. The van der Waals surface area contributed by atoms with E-state index in [0.29, 0.717) is 18.1 Å². The van der Waals surface area contributed by atoms with E-state index in [1.807, 2.05) is 30.1 Å². The second-order valence-electron chi connectivity index (χ2n) is 6.33. The van der Waals surface area contributed by atoms with E-state index < -0.39 is 0 Å². The molecule has 2 heterocycles. The molecule has 5 nitrogen and oxygen atoms in total. The van der Waals surface area contributed by atoms with Gasteiger partial charge >= 0.3 is 0 Å². The second kappa shape index (κ2) is 7.98. The minimum atomic E-state index is 0.642. The van der Waals surface area contributed by atoms with Crippen LogP contribution in [0.15, 0.2) is 36.5 Å². The standard InChI is InChI=1S/C19H24N4O/c1-22-19(7-10-21-22)17-8-12-23(13-9-17)11-2-14-24-18-5-3-16(15-20)4-6-18/h3-7,10,17H,2,8-9,11-14H2,1H3. The SMILES string of the molecule is Cn1nccc1C1CCN(CCCOc2ccc(C#N)cc2)CC1. The van der Waals surface area contributed by atoms with Gasteiger partial charge in [-0.2, -0.15) is 10.4 Å². The molecule has 1 saturated heterocycles. The molecule has 0 amide bonds. The van der Waals surface area contributed by atoms with Crippen molar-refractivity contribution in [2.75, 3.05) is 26.2 Å². The largest absolute Gasteiger partial charge is 0.494 e. The summed E-state index contributed by atoms with van der Waals surface area (Å²) in [4.78, 5) is 2.52. The molecule has 1 fully saturated rings. The first-order valence-corrected chi connectivity index (χ1v) is 8.59. The fourth-order valence-corrected chi connectivity index (χ4v) is 3.34. The molecule has 1 aliphatic heterocycles. The van der Waals surface area contributed by atoms with Crippen LogP contribution in [0.2, 0.25) is 0 Å². The summed E-state index contributed by atoms with van der Waals surface area (Å²) in [5.74, 6) is 1.48. The van der Waals surface area contributed by atoms with Crippen molar-refractivity contribution in [3.63, 3.8) is 0 Å². The molecule has 1 aliphatic rings. The lowest BCUT2D eigenvalue weighted by Crippen LogP contribution is -2.34. The maximum absolute atomic E-state index is 8.78. The molecule has 0 saturated carbocycles. The van der Waals surface area contributed by atoms with Crippen LogP contribution in [0.4, 0.5) is 0 Å². The zero-order valence-corrected chi connectivity index (χ0v) is 14.2. The Morgan fingerprint density at radius 2 is 1.96 bits per heavy atom. The summed E-state index contributed by atoms with van der Waals surface area (Å²) in [6.07, 6.45) is 5.32. The van der Waals surface area contributed by atoms with Crippen LogP contribution in [0.3, 0.4) is 0 Å². The zero-order valence-electron chi connectivity index (χ0n) is 14.2. The molecule has 1 aromatic heterocycles. The number of hydrogen-bond donors (Lipinski definition) is 0. The smallest absolute Gasteiger partial charge is 0.119 e. The van der Waals surface area contributed by atoms with Crippen LogP contribution in [-0.2, 0) is 7.05 Å². The third-order valence-electron chi connectivity index (χ3n) is 4.74. The molecule has 24 heavy (non-hydrogen) atoms. The Hall–Kier alpha value is -2.32. The van der Waals surface area contributed by atoms with Crippen molar-refractivity contribution in [1.82, 2.24) is 14.7 Å². The van der Waals surface area contributed by atoms with Crippen LogP contribution in [0.5, 0.6) is 5.75 Å². The summed E-state index contributed by atoms with van der Waals surface area (Å²) in [6.45, 7) is 4.08. The molecule has 0 radical (unpaired) electrons. The summed E-state index contributed by atoms with van der Waals surface area (Å²) in [6, 6.07) is 11.6. The number of piperidine rings is 1. The third-order valence-corrected chi connectivity index (χ3v) is 4.74. The van der Waals surface area contributed by atoms with Gasteiger partial charge in [-0.15, -0.1) is 0 Å². The Kier molecular flexibility index (Phi) is 5.50. The molecule has 0 N–H and O–H groups in total. The third kappa shape index (κ3) is 4.15. The number of nitrogens with zero attached hydrogens (tertiary/aromatic N) is 4. The number of likely N-dealkylation sites (tertiary alicyclic amines) is 1. The Balaban J connectivity index is 1.35. The molecule has 2 aromatic rings. The van der Waals surface area contributed by atoms with E-state index in [-0.39, 0.29) is 0 Å². The monoisotopic (exact) mass is 324 g/mol. The number of benzene rings is 1. The zero-order chi connectivity index (χ0) is 16.8. The van der Waals surface area contributed by atoms with Gasteiger partial charge in [0.2, 0.25) is 0 Å². The molecule has 3 rings (SSSR count). The van der Waals surface area contributed by atoms with E-state index >= 15 is 0 Å². The lowest BCUT2D eigenvalue weighted by molar-refractivity contribution is 0.190. The average Bonchev–Trinajstić information content (AvgIpc) is 3.06. The number of ether oxygens (including phenoxy) is 1. The first-order valence-electron chi connectivity index (χ1n) is 8.59. The van der Waals surface area contributed by atoms with Crippen LogP contribution in [0.1, 0.15) is 36.4 Å². The summed E-state index contributed by atoms with van der Waals surface area (Å²) in [5.41, 5.74) is 2.03. The van der Waals surface area contributed by atoms with E-state index in [0.717, 1.165) is 31.8 Å². The van der Waals surface area contributed by atoms with Crippen LogP contribution in [-0.4, -0.2) is 40.9 Å². The number of aromatic nitrogens is 2. The van der Waals surface area contributed by atoms with E-state index in [1.54, 1.807) is 12.1 Å². The van der Waals surface area contributed by atoms with Crippen molar-refractivity contribution in [1.29, 1.82) is 5.26 Å². The van der Waals surface area contributed by atoms with Gasteiger partial charge in [-0.25, -0.2) is 0 Å². The lowest BCUT2D eigenvalue weighted by atomic mass is 9.93. The van der Waals surface area contributed by atoms with Crippen molar-refractivity contribution in [2.24, 2.45) is 7.05 Å². The van der Waals surface area contributed by atoms with Gasteiger partial charge in [-0.05, 0) is 62.7 Å². The number of aryl methyl sites for hydroxylation is 1. The maximum atomic E-state index is 8.78. The first kappa shape index (κ1) is 16.5. The maximum Gasteiger partial charge on any atom is 0.119 e. The van der Waals surface area contributed by atoms with Gasteiger partial charge in [0.05, 0.1) is 18.2 Å². The molecule has 1 aromatic carbocycles. The Bertz CT molecular complexity index is 678.